The highest BCUT2D eigenvalue weighted by atomic mass is 32.4. The van der Waals surface area contributed by atoms with E-state index in [1.54, 1.807) is 32.7 Å². The first-order valence-corrected chi connectivity index (χ1v) is 15.1. The smallest absolute Gasteiger partial charge is 0.330 e. The lowest BCUT2D eigenvalue weighted by atomic mass is 9.96. The van der Waals surface area contributed by atoms with Crippen molar-refractivity contribution in [3.63, 3.8) is 0 Å². The minimum atomic E-state index is -3.87. The Hall–Kier alpha value is -2.18. The van der Waals surface area contributed by atoms with Crippen molar-refractivity contribution in [2.45, 2.75) is 96.3 Å². The number of halogens is 3. The van der Waals surface area contributed by atoms with Crippen molar-refractivity contribution in [1.82, 2.24) is 19.7 Å². The molecule has 0 aromatic carbocycles. The zero-order valence-corrected chi connectivity index (χ0v) is 24.7. The number of aliphatic hydroxyl groups excluding tert-OH is 2. The highest BCUT2D eigenvalue weighted by Crippen LogP contribution is 2.46. The van der Waals surface area contributed by atoms with Crippen LogP contribution in [-0.4, -0.2) is 86.8 Å². The Labute approximate surface area is 237 Å². The molecule has 1 fully saturated rings. The Morgan fingerprint density at radius 3 is 2.02 bits per heavy atom. The van der Waals surface area contributed by atoms with Gasteiger partial charge >= 0.3 is 17.6 Å². The number of nitrogens with one attached hydrogen (secondary N) is 3. The number of H-pyrrole nitrogens is 1. The molecule has 2 heterocycles. The molecule has 19 heteroatoms. The number of carbonyl (C=O) groups excluding carboxylic acids is 2. The number of ether oxygens (including phenoxy) is 3. The van der Waals surface area contributed by atoms with E-state index in [0.29, 0.717) is 6.20 Å². The Bertz CT molecular complexity index is 1230. The maximum absolute atomic E-state index is 14.5. The summed E-state index contributed by atoms with van der Waals surface area (Å²) < 4.78 is 64.2. The molecule has 1 aromatic heterocycles. The van der Waals surface area contributed by atoms with Gasteiger partial charge in [0.15, 0.2) is 18.4 Å². The molecule has 5 N–H and O–H groups in total. The van der Waals surface area contributed by atoms with Crippen LogP contribution in [0.4, 0.5) is 13.2 Å². The number of aliphatic hydroxyl groups is 2. The van der Waals surface area contributed by atoms with Crippen LogP contribution in [0.1, 0.15) is 47.8 Å². The number of alkyl halides is 2. The second kappa shape index (κ2) is 13.9. The highest BCUT2D eigenvalue weighted by molar-refractivity contribution is 8.10. The molecular formula is C22H34F3N4O10PS. The van der Waals surface area contributed by atoms with E-state index >= 15 is 0 Å². The van der Waals surface area contributed by atoms with Crippen molar-refractivity contribution in [3.05, 3.63) is 32.9 Å². The van der Waals surface area contributed by atoms with Gasteiger partial charge in [0.25, 0.3) is 12.0 Å². The summed E-state index contributed by atoms with van der Waals surface area (Å²) in [6.07, 6.45) is -11.0. The van der Waals surface area contributed by atoms with E-state index in [4.69, 9.17) is 30.5 Å². The summed E-state index contributed by atoms with van der Waals surface area (Å²) in [6, 6.07) is -2.36. The number of rotatable bonds is 13. The molecule has 1 aliphatic heterocycles. The average molecular weight is 635 g/mol. The fourth-order valence-electron chi connectivity index (χ4n) is 3.63. The third kappa shape index (κ3) is 8.44. The van der Waals surface area contributed by atoms with Gasteiger partial charge in [-0.1, -0.05) is 0 Å². The van der Waals surface area contributed by atoms with E-state index in [-0.39, 0.29) is 4.57 Å². The Morgan fingerprint density at radius 2 is 1.59 bits per heavy atom. The first kappa shape index (κ1) is 35.0. The maximum atomic E-state index is 14.5. The summed E-state index contributed by atoms with van der Waals surface area (Å²) in [7, 11) is 0. The molecule has 0 saturated carbocycles. The third-order valence-electron chi connectivity index (χ3n) is 5.63. The zero-order chi connectivity index (χ0) is 31.4. The molecule has 0 radical (unpaired) electrons. The summed E-state index contributed by atoms with van der Waals surface area (Å²) in [6.45, 7) is 3.91. The summed E-state index contributed by atoms with van der Waals surface area (Å²) in [5.74, 6) is -3.06. The lowest BCUT2D eigenvalue weighted by Crippen LogP contribution is -2.53. The van der Waals surface area contributed by atoms with E-state index < -0.39 is 96.9 Å². The van der Waals surface area contributed by atoms with Gasteiger partial charge in [0.05, 0.1) is 25.0 Å². The van der Waals surface area contributed by atoms with Crippen LogP contribution in [0.2, 0.25) is 0 Å². The van der Waals surface area contributed by atoms with Crippen LogP contribution in [0.15, 0.2) is 15.8 Å². The van der Waals surface area contributed by atoms with E-state index in [1.165, 1.54) is 13.8 Å². The standard InChI is InChI=1S/C22H34F3N4O10PS/c1-9(2)37-18(33)11(5)27-40(41,28-12(6)19(34)38-10(3)4)36-8-22(20(24)25)15(31)14(30)17(39-22)29-7-13(23)16(32)26-21(29)35/h7,9-12,14-15,17,20,30-31H,8H2,1-6H3,(H,26,32,35)(H2,27,28,41)/t11?,12?,14-,15+,17-,22-,40?/m1/s1. The maximum Gasteiger partial charge on any atom is 0.330 e. The van der Waals surface area contributed by atoms with E-state index in [9.17, 15) is 42.6 Å². The quantitative estimate of drug-likeness (QED) is 0.144. The number of esters is 2. The predicted octanol–water partition coefficient (Wildman–Crippen LogP) is 0.0307. The SMILES string of the molecule is CC(C)OC(=O)C(C)NP(=S)(NC(C)C(=O)OC(C)C)OC[C@@]1(C(F)F)O[C@@H](n2cc(F)c(=O)[nH]c2=O)[C@H](O)[C@@H]1O. The van der Waals surface area contributed by atoms with E-state index in [0.717, 1.165) is 0 Å². The topological polar surface area (TPSA) is 190 Å². The molecule has 1 aromatic rings. The summed E-state index contributed by atoms with van der Waals surface area (Å²) >= 11 is 5.50. The summed E-state index contributed by atoms with van der Waals surface area (Å²) in [5.41, 5.74) is -5.77. The molecule has 41 heavy (non-hydrogen) atoms. The highest BCUT2D eigenvalue weighted by Gasteiger charge is 2.61. The van der Waals surface area contributed by atoms with Crippen LogP contribution in [0, 0.1) is 5.82 Å². The molecule has 2 rings (SSSR count). The van der Waals surface area contributed by atoms with Crippen molar-refractivity contribution in [2.75, 3.05) is 6.61 Å². The monoisotopic (exact) mass is 634 g/mol. The van der Waals surface area contributed by atoms with Gasteiger partial charge in [-0.15, -0.1) is 0 Å². The number of hydrogen-bond acceptors (Lipinski definition) is 11. The minimum Gasteiger partial charge on any atom is -0.462 e. The number of aromatic amines is 1. The Balaban J connectivity index is 2.42. The summed E-state index contributed by atoms with van der Waals surface area (Å²) in [4.78, 5) is 50.0. The predicted molar refractivity (Wildman–Crippen MR) is 140 cm³/mol. The van der Waals surface area contributed by atoms with Gasteiger partial charge in [-0.2, -0.15) is 4.39 Å². The lowest BCUT2D eigenvalue weighted by Gasteiger charge is -2.35. The van der Waals surface area contributed by atoms with Crippen LogP contribution in [0.25, 0.3) is 0 Å². The zero-order valence-electron chi connectivity index (χ0n) is 23.0. The first-order valence-electron chi connectivity index (χ1n) is 12.4. The summed E-state index contributed by atoms with van der Waals surface area (Å²) in [5, 5.41) is 26.4. The first-order chi connectivity index (χ1) is 18.8. The van der Waals surface area contributed by atoms with Crippen LogP contribution in [0.3, 0.4) is 0 Å². The molecule has 234 valence electrons. The molecule has 1 saturated heterocycles. The normalized spacial score (nSPS) is 25.8. The lowest BCUT2D eigenvalue weighted by molar-refractivity contribution is -0.191. The molecule has 6 atom stereocenters. The van der Waals surface area contributed by atoms with Gasteiger partial charge in [0.1, 0.15) is 24.3 Å². The Kier molecular flexibility index (Phi) is 11.8. The van der Waals surface area contributed by atoms with E-state index in [1.807, 2.05) is 0 Å². The molecular weight excluding hydrogens is 600 g/mol. The largest absolute Gasteiger partial charge is 0.462 e. The van der Waals surface area contributed by atoms with Crippen molar-refractivity contribution in [2.24, 2.45) is 0 Å². The van der Waals surface area contributed by atoms with Gasteiger partial charge in [-0.3, -0.25) is 23.9 Å². The number of hydrogen-bond donors (Lipinski definition) is 5. The minimum absolute atomic E-state index is 0.287. The van der Waals surface area contributed by atoms with Crippen molar-refractivity contribution in [3.8, 4) is 0 Å². The molecule has 0 spiro atoms. The number of nitrogens with zero attached hydrogens (tertiary/aromatic N) is 1. The Morgan fingerprint density at radius 1 is 1.10 bits per heavy atom. The molecule has 14 nitrogen and oxygen atoms in total. The molecule has 0 bridgehead atoms. The molecule has 0 amide bonds. The van der Waals surface area contributed by atoms with Crippen LogP contribution < -0.4 is 21.4 Å². The fraction of sp³-hybridized carbons (Fsp3) is 0.727. The van der Waals surface area contributed by atoms with Crippen LogP contribution in [0.5, 0.6) is 0 Å². The molecule has 1 aliphatic rings. The van der Waals surface area contributed by atoms with Gasteiger partial charge in [-0.25, -0.2) is 23.7 Å². The van der Waals surface area contributed by atoms with Crippen molar-refractivity contribution in [1.29, 1.82) is 0 Å². The van der Waals surface area contributed by atoms with Crippen LogP contribution in [-0.2, 0) is 40.1 Å². The van der Waals surface area contributed by atoms with E-state index in [2.05, 4.69) is 10.2 Å². The average Bonchev–Trinajstić information content (AvgIpc) is 3.10. The third-order valence-corrected chi connectivity index (χ3v) is 8.53. The second-order valence-electron chi connectivity index (χ2n) is 9.84. The van der Waals surface area contributed by atoms with Crippen molar-refractivity contribution < 1.29 is 51.7 Å². The van der Waals surface area contributed by atoms with Gasteiger partial charge in [0.2, 0.25) is 5.82 Å². The second-order valence-corrected chi connectivity index (χ2v) is 13.3. The van der Waals surface area contributed by atoms with Gasteiger partial charge in [0, 0.05) is 0 Å². The molecule has 2 unspecified atom stereocenters. The fourth-order valence-corrected chi connectivity index (χ4v) is 6.58. The number of carbonyl (C=O) groups is 2. The van der Waals surface area contributed by atoms with Gasteiger partial charge < -0.3 is 28.9 Å². The molecule has 0 aliphatic carbocycles. The van der Waals surface area contributed by atoms with Gasteiger partial charge in [-0.05, 0) is 53.3 Å². The van der Waals surface area contributed by atoms with Crippen molar-refractivity contribution >= 4 is 30.3 Å². The number of aromatic nitrogens is 2. The van der Waals surface area contributed by atoms with Crippen LogP contribution >= 0.6 is 6.57 Å².